The molecule has 0 aromatic heterocycles. The zero-order valence-corrected chi connectivity index (χ0v) is 47.7. The van der Waals surface area contributed by atoms with E-state index in [1.165, 1.54) is 41.3 Å². The Hall–Kier alpha value is -5.60. The van der Waals surface area contributed by atoms with Gasteiger partial charge in [0.1, 0.15) is 27.4 Å². The first-order valence-corrected chi connectivity index (χ1v) is 26.4. The Morgan fingerprint density at radius 1 is 0.608 bits per heavy atom. The van der Waals surface area contributed by atoms with Crippen LogP contribution in [0.4, 0.5) is 5.69 Å². The number of unbranched alkanes of at least 4 members (excludes halogenated alkanes) is 2. The summed E-state index contributed by atoms with van der Waals surface area (Å²) < 4.78 is 80.2. The second-order valence-corrected chi connectivity index (χ2v) is 21.5. The van der Waals surface area contributed by atoms with Crippen molar-refractivity contribution >= 4 is 80.8 Å². The number of rotatable bonds is 14. The molecule has 1 aliphatic rings. The number of fused-ring (bicyclic) bond motifs is 2. The van der Waals surface area contributed by atoms with Crippen LogP contribution in [0.15, 0.2) is 143 Å². The maximum absolute atomic E-state index is 15.5. The predicted molar refractivity (Wildman–Crippen MR) is 278 cm³/mol. The van der Waals surface area contributed by atoms with Gasteiger partial charge >= 0.3 is 59.1 Å². The standard InChI is InChI=1S/C59H48NO10S2.2Na/c1-35(2)43-18-13-19-44(36(3)4)57(43)60-58(61)48-33-50(70-40-25-29-41(30-26-40)71(63,64)65)54-46-21-14-20-45-38(15-9-6-7-12-32-68-72(66,67)42-27-22-37(5)23-28-42)24-31-47(52(45)46)55-51(69-39-16-10-8-11-17-39)34-49(59(60)62)53(48)56(54)55;;/h10-11,13-14,16-31,33-36H,6-7,12,32H2,1-5H3,(H,63,64,65);;/q-1;2*+1/p-1. The smallest absolute Gasteiger partial charge is 0.744 e. The van der Waals surface area contributed by atoms with Gasteiger partial charge in [0, 0.05) is 39.3 Å². The molecule has 0 aliphatic carbocycles. The second-order valence-electron chi connectivity index (χ2n) is 18.5. The number of amides is 2. The van der Waals surface area contributed by atoms with E-state index >= 15 is 9.59 Å². The van der Waals surface area contributed by atoms with Crippen LogP contribution in [0.3, 0.4) is 0 Å². The molecule has 0 spiro atoms. The molecule has 9 aromatic rings. The van der Waals surface area contributed by atoms with Gasteiger partial charge in [-0.25, -0.2) is 13.3 Å². The van der Waals surface area contributed by atoms with Crippen molar-refractivity contribution in [2.45, 2.75) is 75.5 Å². The molecule has 1 aliphatic heterocycles. The fraction of sp³-hybridized carbons (Fsp3) is 0.186. The van der Waals surface area contributed by atoms with E-state index in [-0.39, 0.29) is 105 Å². The molecule has 1 heterocycles. The maximum Gasteiger partial charge on any atom is 1.00 e. The predicted octanol–water partition coefficient (Wildman–Crippen LogP) is 7.32. The minimum Gasteiger partial charge on any atom is -0.744 e. The van der Waals surface area contributed by atoms with Crippen molar-refractivity contribution in [3.8, 4) is 34.8 Å². The van der Waals surface area contributed by atoms with Crippen LogP contribution >= 0.6 is 0 Å². The Morgan fingerprint density at radius 3 is 1.73 bits per heavy atom. The van der Waals surface area contributed by atoms with Crippen LogP contribution in [0.1, 0.15) is 102 Å². The summed E-state index contributed by atoms with van der Waals surface area (Å²) in [5.74, 6) is 6.74. The van der Waals surface area contributed by atoms with Gasteiger partial charge in [0.05, 0.1) is 33.2 Å². The van der Waals surface area contributed by atoms with Crippen LogP contribution in [0.2, 0.25) is 0 Å². The first-order valence-electron chi connectivity index (χ1n) is 23.6. The largest absolute Gasteiger partial charge is 1.00 e. The van der Waals surface area contributed by atoms with Crippen molar-refractivity contribution in [3.63, 3.8) is 0 Å². The summed E-state index contributed by atoms with van der Waals surface area (Å²) in [6.45, 7) is 10.00. The van der Waals surface area contributed by atoms with E-state index in [9.17, 15) is 21.4 Å². The van der Waals surface area contributed by atoms with Crippen LogP contribution in [-0.2, 0) is 24.4 Å². The van der Waals surface area contributed by atoms with E-state index < -0.39 is 36.9 Å². The molecule has 0 fully saturated rings. The van der Waals surface area contributed by atoms with Crippen molar-refractivity contribution < 1.29 is 104 Å². The van der Waals surface area contributed by atoms with Crippen LogP contribution in [-0.4, -0.2) is 39.8 Å². The number of imide groups is 1. The molecule has 0 saturated heterocycles. The van der Waals surface area contributed by atoms with Crippen molar-refractivity contribution in [3.05, 3.63) is 173 Å². The zero-order chi connectivity index (χ0) is 50.6. The van der Waals surface area contributed by atoms with E-state index in [4.69, 9.17) is 13.7 Å². The topological polar surface area (TPSA) is 156 Å². The summed E-state index contributed by atoms with van der Waals surface area (Å²) in [6, 6.07) is 40.6. The first kappa shape index (κ1) is 54.7. The summed E-state index contributed by atoms with van der Waals surface area (Å²) in [5.41, 5.74) is 4.33. The normalized spacial score (nSPS) is 12.6. The Bertz CT molecular complexity index is 3920. The molecule has 0 saturated carbocycles. The molecule has 10 rings (SSSR count). The van der Waals surface area contributed by atoms with Gasteiger partial charge in [-0.05, 0) is 119 Å². The SMILES string of the molecule is Cc1ccc(S(=O)(=O)OCCCCC#Cc2ccc3c4c(Oc5cc[c-]cc5)cc5c6c(cc(Oc7ccc(S(=O)(=O)[O-])cc7)c(c7cccc2c73)c64)C(=O)N(c2c(C(C)C)cccc2C(C)C)C5=O)cc1.[Na+].[Na+]. The van der Waals surface area contributed by atoms with E-state index in [1.807, 2.05) is 83.1 Å². The summed E-state index contributed by atoms with van der Waals surface area (Å²) in [5, 5.41) is 5.24. The number of hydrogen-bond acceptors (Lipinski definition) is 10. The number of carbonyl (C=O) groups excluding carboxylic acids is 2. The van der Waals surface area contributed by atoms with Crippen molar-refractivity contribution in [2.24, 2.45) is 0 Å². The minimum absolute atomic E-state index is 0. The molecule has 0 unspecified atom stereocenters. The monoisotopic (exact) mass is 1040 g/mol. The number of hydrogen-bond donors (Lipinski definition) is 0. The molecule has 0 radical (unpaired) electrons. The molecule has 15 heteroatoms. The Labute approximate surface area is 475 Å². The number of anilines is 1. The van der Waals surface area contributed by atoms with E-state index in [2.05, 4.69) is 17.9 Å². The molecule has 362 valence electrons. The number of aryl methyl sites for hydroxylation is 1. The average Bonchev–Trinajstić information content (AvgIpc) is 3.35. The number of nitrogens with zero attached hydrogens (tertiary/aromatic N) is 1. The Morgan fingerprint density at radius 2 is 1.15 bits per heavy atom. The van der Waals surface area contributed by atoms with Gasteiger partial charge in [-0.15, -0.1) is 12.1 Å². The molecule has 0 N–H and O–H groups in total. The fourth-order valence-corrected chi connectivity index (χ4v) is 11.1. The van der Waals surface area contributed by atoms with E-state index in [0.29, 0.717) is 58.0 Å². The third-order valence-electron chi connectivity index (χ3n) is 13.1. The molecule has 11 nitrogen and oxygen atoms in total. The van der Waals surface area contributed by atoms with Gasteiger partial charge in [-0.3, -0.25) is 13.8 Å². The first-order chi connectivity index (χ1) is 34.5. The maximum atomic E-state index is 15.5. The van der Waals surface area contributed by atoms with E-state index in [1.54, 1.807) is 48.5 Å². The van der Waals surface area contributed by atoms with Crippen LogP contribution in [0.5, 0.6) is 23.0 Å². The van der Waals surface area contributed by atoms with Crippen molar-refractivity contribution in [1.82, 2.24) is 0 Å². The zero-order valence-electron chi connectivity index (χ0n) is 42.0. The summed E-state index contributed by atoms with van der Waals surface area (Å²) in [6.07, 6.45) is 1.54. The molecular weight excluding hydrogens is 993 g/mol. The summed E-state index contributed by atoms with van der Waals surface area (Å²) in [4.78, 5) is 31.9. The van der Waals surface area contributed by atoms with Gasteiger partial charge in [0.15, 0.2) is 0 Å². The van der Waals surface area contributed by atoms with Crippen molar-refractivity contribution in [1.29, 1.82) is 0 Å². The van der Waals surface area contributed by atoms with Gasteiger partial charge in [0.25, 0.3) is 21.9 Å². The number of carbonyl (C=O) groups is 2. The number of para-hydroxylation sites is 1. The summed E-state index contributed by atoms with van der Waals surface area (Å²) in [7, 11) is -8.65. The minimum atomic E-state index is -4.77. The Kier molecular flexibility index (Phi) is 16.2. The summed E-state index contributed by atoms with van der Waals surface area (Å²) >= 11 is 0. The second kappa shape index (κ2) is 21.9. The Balaban J connectivity index is 0.00000364. The molecule has 0 bridgehead atoms. The molecule has 9 aromatic carbocycles. The third-order valence-corrected chi connectivity index (χ3v) is 15.2. The molecule has 0 atom stereocenters. The number of ether oxygens (including phenoxy) is 2. The average molecular weight is 1040 g/mol. The van der Waals surface area contributed by atoms with Gasteiger partial charge in [0.2, 0.25) is 0 Å². The molecular formula is C59H47NNa2O10S2. The number of benzene rings is 9. The molecule has 74 heavy (non-hydrogen) atoms. The van der Waals surface area contributed by atoms with Crippen LogP contribution in [0.25, 0.3) is 43.1 Å². The quantitative estimate of drug-likeness (QED) is 0.0125. The molecule has 2 amide bonds. The van der Waals surface area contributed by atoms with Gasteiger partial charge < -0.3 is 14.0 Å². The third kappa shape index (κ3) is 10.3. The van der Waals surface area contributed by atoms with Crippen molar-refractivity contribution in [2.75, 3.05) is 11.5 Å². The van der Waals surface area contributed by atoms with Gasteiger partial charge in [-0.2, -0.15) is 26.6 Å². The van der Waals surface area contributed by atoms with Gasteiger partial charge in [-0.1, -0.05) is 99.7 Å². The fourth-order valence-electron chi connectivity index (χ4n) is 9.64. The van der Waals surface area contributed by atoms with Crippen LogP contribution in [0, 0.1) is 24.8 Å². The van der Waals surface area contributed by atoms with E-state index in [0.717, 1.165) is 43.8 Å². The van der Waals surface area contributed by atoms with Crippen LogP contribution < -0.4 is 73.5 Å².